The van der Waals surface area contributed by atoms with Gasteiger partial charge in [0.2, 0.25) is 0 Å². The highest BCUT2D eigenvalue weighted by molar-refractivity contribution is 8.00. The topological polar surface area (TPSA) is 84.5 Å². The Morgan fingerprint density at radius 3 is 2.36 bits per heavy atom. The molecule has 0 radical (unpaired) electrons. The number of nitrogens with one attached hydrogen (secondary N) is 2. The summed E-state index contributed by atoms with van der Waals surface area (Å²) in [6.45, 7) is -0.489. The van der Waals surface area contributed by atoms with Crippen LogP contribution in [0, 0.1) is 0 Å². The van der Waals surface area contributed by atoms with Gasteiger partial charge in [0.1, 0.15) is 0 Å². The number of benzene rings is 2. The van der Waals surface area contributed by atoms with Gasteiger partial charge in [-0.15, -0.1) is 11.8 Å². The molecule has 2 amide bonds. The van der Waals surface area contributed by atoms with Gasteiger partial charge in [-0.25, -0.2) is 0 Å². The third-order valence-electron chi connectivity index (χ3n) is 2.90. The minimum atomic E-state index is -0.654. The van der Waals surface area contributed by atoms with Crippen molar-refractivity contribution in [2.75, 3.05) is 12.4 Å². The fourth-order valence-electron chi connectivity index (χ4n) is 1.72. The number of ether oxygens (including phenoxy) is 1. The second-order valence-electron chi connectivity index (χ2n) is 4.74. The Kier molecular flexibility index (Phi) is 7.31. The van der Waals surface area contributed by atoms with Crippen LogP contribution in [0.4, 0.5) is 0 Å². The van der Waals surface area contributed by atoms with E-state index in [0.29, 0.717) is 0 Å². The van der Waals surface area contributed by atoms with Crippen molar-refractivity contribution in [1.29, 1.82) is 0 Å². The fraction of sp³-hybridized carbons (Fsp3) is 0.118. The van der Waals surface area contributed by atoms with Crippen molar-refractivity contribution in [2.45, 2.75) is 4.90 Å². The van der Waals surface area contributed by atoms with Gasteiger partial charge < -0.3 is 4.74 Å². The maximum Gasteiger partial charge on any atom is 0.316 e. The van der Waals surface area contributed by atoms with Crippen LogP contribution in [0.1, 0.15) is 10.4 Å². The fourth-order valence-corrected chi connectivity index (χ4v) is 2.66. The molecule has 0 heterocycles. The number of hydrogen-bond acceptors (Lipinski definition) is 5. The quantitative estimate of drug-likeness (QED) is 0.458. The van der Waals surface area contributed by atoms with Crippen LogP contribution in [0.15, 0.2) is 59.5 Å². The van der Waals surface area contributed by atoms with Gasteiger partial charge in [0, 0.05) is 4.90 Å². The molecule has 0 saturated carbocycles. The van der Waals surface area contributed by atoms with Gasteiger partial charge in [-0.05, 0) is 24.3 Å². The molecule has 0 bridgehead atoms. The second kappa shape index (κ2) is 9.71. The Hall–Kier alpha value is -2.51. The molecule has 2 rings (SSSR count). The first-order valence-corrected chi connectivity index (χ1v) is 8.60. The molecule has 0 aliphatic carbocycles. The number of rotatable bonds is 6. The van der Waals surface area contributed by atoms with Gasteiger partial charge in [0.05, 0.1) is 16.3 Å². The number of halogens is 1. The molecule has 0 fully saturated rings. The van der Waals surface area contributed by atoms with Crippen molar-refractivity contribution in [1.82, 2.24) is 10.9 Å². The zero-order valence-electron chi connectivity index (χ0n) is 13.0. The molecule has 0 aliphatic rings. The molecule has 0 aromatic heterocycles. The molecule has 8 heteroatoms. The molecular formula is C17H15ClN2O4S. The first-order chi connectivity index (χ1) is 12.1. The molecule has 0 atom stereocenters. The van der Waals surface area contributed by atoms with Crippen LogP contribution in [0.2, 0.25) is 5.02 Å². The zero-order chi connectivity index (χ0) is 18.1. The Morgan fingerprint density at radius 2 is 1.64 bits per heavy atom. The van der Waals surface area contributed by atoms with Crippen molar-refractivity contribution >= 4 is 41.1 Å². The van der Waals surface area contributed by atoms with Crippen molar-refractivity contribution < 1.29 is 19.1 Å². The van der Waals surface area contributed by atoms with Gasteiger partial charge in [-0.2, -0.15) is 0 Å². The molecule has 0 aliphatic heterocycles. The molecule has 6 nitrogen and oxygen atoms in total. The summed E-state index contributed by atoms with van der Waals surface area (Å²) in [6, 6.07) is 15.8. The van der Waals surface area contributed by atoms with Crippen molar-refractivity contribution in [3.63, 3.8) is 0 Å². The van der Waals surface area contributed by atoms with Crippen LogP contribution in [0.25, 0.3) is 0 Å². The molecule has 130 valence electrons. The van der Waals surface area contributed by atoms with E-state index in [1.54, 1.807) is 18.2 Å². The minimum Gasteiger partial charge on any atom is -0.455 e. The Morgan fingerprint density at radius 1 is 0.960 bits per heavy atom. The first-order valence-electron chi connectivity index (χ1n) is 7.23. The lowest BCUT2D eigenvalue weighted by Gasteiger charge is -2.09. The van der Waals surface area contributed by atoms with E-state index in [1.807, 2.05) is 30.3 Å². The highest BCUT2D eigenvalue weighted by Crippen LogP contribution is 2.16. The van der Waals surface area contributed by atoms with Gasteiger partial charge in [0.25, 0.3) is 11.8 Å². The maximum atomic E-state index is 11.8. The molecule has 25 heavy (non-hydrogen) atoms. The number of amides is 2. The Balaban J connectivity index is 1.67. The van der Waals surface area contributed by atoms with E-state index in [4.69, 9.17) is 16.3 Å². The summed E-state index contributed by atoms with van der Waals surface area (Å²) in [5, 5.41) is 0.263. The van der Waals surface area contributed by atoms with Crippen LogP contribution in [-0.4, -0.2) is 30.1 Å². The summed E-state index contributed by atoms with van der Waals surface area (Å²) >= 11 is 7.18. The summed E-state index contributed by atoms with van der Waals surface area (Å²) in [5.41, 5.74) is 4.58. The number of thioether (sulfide) groups is 1. The third-order valence-corrected chi connectivity index (χ3v) is 4.21. The Labute approximate surface area is 153 Å². The second-order valence-corrected chi connectivity index (χ2v) is 6.20. The standard InChI is InChI=1S/C17H15ClN2O4S/c18-14-9-5-4-8-13(14)17(23)20-19-15(21)10-24-16(22)11-25-12-6-2-1-3-7-12/h1-9H,10-11H2,(H,19,21)(H,20,23). The minimum absolute atomic E-state index is 0.0866. The lowest BCUT2D eigenvalue weighted by Crippen LogP contribution is -2.43. The van der Waals surface area contributed by atoms with Gasteiger partial charge in [-0.1, -0.05) is 41.9 Å². The van der Waals surface area contributed by atoms with E-state index in [0.717, 1.165) is 4.90 Å². The van der Waals surface area contributed by atoms with Crippen molar-refractivity contribution in [3.05, 3.63) is 65.2 Å². The summed E-state index contributed by atoms with van der Waals surface area (Å²) in [4.78, 5) is 36.0. The number of hydrazine groups is 1. The summed E-state index contributed by atoms with van der Waals surface area (Å²) in [6.07, 6.45) is 0. The van der Waals surface area contributed by atoms with E-state index in [1.165, 1.54) is 17.8 Å². The lowest BCUT2D eigenvalue weighted by molar-refractivity contribution is -0.146. The van der Waals surface area contributed by atoms with E-state index >= 15 is 0 Å². The van der Waals surface area contributed by atoms with Crippen LogP contribution in [-0.2, 0) is 14.3 Å². The van der Waals surface area contributed by atoms with Crippen LogP contribution in [0.5, 0.6) is 0 Å². The molecule has 2 aromatic rings. The monoisotopic (exact) mass is 378 g/mol. The molecule has 2 N–H and O–H groups in total. The summed E-state index contributed by atoms with van der Waals surface area (Å²) in [7, 11) is 0. The molecule has 0 spiro atoms. The molecule has 0 unspecified atom stereocenters. The van der Waals surface area contributed by atoms with Gasteiger partial charge in [-0.3, -0.25) is 25.2 Å². The predicted octanol–water partition coefficient (Wildman–Crippen LogP) is 2.44. The molecule has 2 aromatic carbocycles. The highest BCUT2D eigenvalue weighted by Gasteiger charge is 2.12. The molecule has 0 saturated heterocycles. The van der Waals surface area contributed by atoms with Crippen molar-refractivity contribution in [2.24, 2.45) is 0 Å². The number of hydrogen-bond donors (Lipinski definition) is 2. The number of esters is 1. The molecular weight excluding hydrogens is 364 g/mol. The maximum absolute atomic E-state index is 11.8. The first kappa shape index (κ1) is 18.8. The van der Waals surface area contributed by atoms with Crippen molar-refractivity contribution in [3.8, 4) is 0 Å². The SMILES string of the molecule is O=C(COC(=O)CSc1ccccc1)NNC(=O)c1ccccc1Cl. The zero-order valence-corrected chi connectivity index (χ0v) is 14.6. The van der Waals surface area contributed by atoms with Crippen LogP contribution in [0.3, 0.4) is 0 Å². The normalized spacial score (nSPS) is 9.96. The van der Waals surface area contributed by atoms with Gasteiger partial charge >= 0.3 is 5.97 Å². The van der Waals surface area contributed by atoms with Crippen LogP contribution < -0.4 is 10.9 Å². The van der Waals surface area contributed by atoms with E-state index < -0.39 is 24.4 Å². The average molecular weight is 379 g/mol. The number of carbonyl (C=O) groups excluding carboxylic acids is 3. The lowest BCUT2D eigenvalue weighted by atomic mass is 10.2. The summed E-state index contributed by atoms with van der Waals surface area (Å²) in [5.74, 6) is -1.66. The third kappa shape index (κ3) is 6.48. The summed E-state index contributed by atoms with van der Waals surface area (Å²) < 4.78 is 4.84. The van der Waals surface area contributed by atoms with E-state index in [-0.39, 0.29) is 16.3 Å². The highest BCUT2D eigenvalue weighted by atomic mass is 35.5. The Bertz CT molecular complexity index is 755. The average Bonchev–Trinajstić information content (AvgIpc) is 2.64. The van der Waals surface area contributed by atoms with Gasteiger partial charge in [0.15, 0.2) is 6.61 Å². The smallest absolute Gasteiger partial charge is 0.316 e. The van der Waals surface area contributed by atoms with Crippen LogP contribution >= 0.6 is 23.4 Å². The van der Waals surface area contributed by atoms with E-state index in [2.05, 4.69) is 10.9 Å². The predicted molar refractivity (Wildman–Crippen MR) is 95.2 cm³/mol. The number of carbonyl (C=O) groups is 3. The van der Waals surface area contributed by atoms with E-state index in [9.17, 15) is 14.4 Å². The largest absolute Gasteiger partial charge is 0.455 e.